The van der Waals surface area contributed by atoms with Crippen LogP contribution in [0.2, 0.25) is 0 Å². The molecule has 1 fully saturated rings. The molecule has 3 unspecified atom stereocenters. The van der Waals surface area contributed by atoms with Gasteiger partial charge in [-0.3, -0.25) is 4.79 Å². The molecule has 0 aromatic carbocycles. The number of hydrogen-bond acceptors (Lipinski definition) is 1. The predicted molar refractivity (Wildman–Crippen MR) is 46.2 cm³/mol. The Morgan fingerprint density at radius 2 is 2.42 bits per heavy atom. The number of fused-ring (bicyclic) bond motifs is 3. The van der Waals surface area contributed by atoms with Crippen molar-refractivity contribution in [3.63, 3.8) is 0 Å². The molecule has 2 heteroatoms. The largest absolute Gasteiger partial charge is 0.329 e. The SMILES string of the molecule is CC1C2Cc3cc(=O)[nH]cc3C12. The zero-order valence-corrected chi connectivity index (χ0v) is 7.00. The monoisotopic (exact) mass is 161 g/mol. The van der Waals surface area contributed by atoms with E-state index in [-0.39, 0.29) is 5.56 Å². The molecule has 62 valence electrons. The van der Waals surface area contributed by atoms with E-state index in [1.165, 1.54) is 11.1 Å². The maximum absolute atomic E-state index is 11.0. The van der Waals surface area contributed by atoms with Gasteiger partial charge in [-0.25, -0.2) is 0 Å². The van der Waals surface area contributed by atoms with E-state index in [1.54, 1.807) is 6.07 Å². The zero-order valence-electron chi connectivity index (χ0n) is 7.00. The fourth-order valence-corrected chi connectivity index (χ4v) is 2.64. The Balaban J connectivity index is 2.16. The van der Waals surface area contributed by atoms with Gasteiger partial charge in [0.05, 0.1) is 0 Å². The molecule has 1 N–H and O–H groups in total. The molecule has 3 atom stereocenters. The van der Waals surface area contributed by atoms with Crippen LogP contribution in [0.25, 0.3) is 0 Å². The molecule has 1 saturated carbocycles. The lowest BCUT2D eigenvalue weighted by Crippen LogP contribution is -2.06. The van der Waals surface area contributed by atoms with Crippen molar-refractivity contribution in [2.75, 3.05) is 0 Å². The zero-order chi connectivity index (χ0) is 8.29. The van der Waals surface area contributed by atoms with Crippen molar-refractivity contribution in [1.82, 2.24) is 4.98 Å². The van der Waals surface area contributed by atoms with Crippen LogP contribution < -0.4 is 5.56 Å². The summed E-state index contributed by atoms with van der Waals surface area (Å²) >= 11 is 0. The molecule has 2 aliphatic rings. The van der Waals surface area contributed by atoms with Crippen molar-refractivity contribution in [2.24, 2.45) is 11.8 Å². The van der Waals surface area contributed by atoms with Gasteiger partial charge in [0, 0.05) is 12.3 Å². The topological polar surface area (TPSA) is 32.9 Å². The first kappa shape index (κ1) is 6.46. The molecule has 0 bridgehead atoms. The average Bonchev–Trinajstić information content (AvgIpc) is 2.57. The smallest absolute Gasteiger partial charge is 0.248 e. The van der Waals surface area contributed by atoms with Crippen molar-refractivity contribution in [3.05, 3.63) is 33.7 Å². The van der Waals surface area contributed by atoms with Crippen LogP contribution in [0, 0.1) is 11.8 Å². The lowest BCUT2D eigenvalue weighted by molar-refractivity contribution is 0.750. The molecular formula is C10H11NO. The fourth-order valence-electron chi connectivity index (χ4n) is 2.64. The number of H-pyrrole nitrogens is 1. The van der Waals surface area contributed by atoms with E-state index in [0.29, 0.717) is 0 Å². The second kappa shape index (κ2) is 1.82. The summed E-state index contributed by atoms with van der Waals surface area (Å²) < 4.78 is 0. The van der Waals surface area contributed by atoms with Crippen molar-refractivity contribution in [1.29, 1.82) is 0 Å². The first-order chi connectivity index (χ1) is 5.77. The number of nitrogens with one attached hydrogen (secondary N) is 1. The molecule has 2 nitrogen and oxygen atoms in total. The third-order valence-electron chi connectivity index (χ3n) is 3.42. The first-order valence-corrected chi connectivity index (χ1v) is 4.49. The Kier molecular flexibility index (Phi) is 0.978. The van der Waals surface area contributed by atoms with Gasteiger partial charge in [0.15, 0.2) is 0 Å². The van der Waals surface area contributed by atoms with E-state index in [2.05, 4.69) is 11.9 Å². The maximum Gasteiger partial charge on any atom is 0.248 e. The van der Waals surface area contributed by atoms with Gasteiger partial charge < -0.3 is 4.98 Å². The first-order valence-electron chi connectivity index (χ1n) is 4.49. The second-order valence-corrected chi connectivity index (χ2v) is 4.03. The standard InChI is InChI=1S/C10H11NO/c1-5-7-2-6-3-9(12)11-4-8(6)10(5)7/h3-5,7,10H,2H2,1H3,(H,11,12). The molecular weight excluding hydrogens is 150 g/mol. The van der Waals surface area contributed by atoms with Gasteiger partial charge in [-0.15, -0.1) is 0 Å². The van der Waals surface area contributed by atoms with Gasteiger partial charge in [-0.2, -0.15) is 0 Å². The van der Waals surface area contributed by atoms with E-state index in [9.17, 15) is 4.79 Å². The van der Waals surface area contributed by atoms with Gasteiger partial charge in [0.2, 0.25) is 5.56 Å². The highest BCUT2D eigenvalue weighted by Gasteiger charge is 2.52. The lowest BCUT2D eigenvalue weighted by Gasteiger charge is -2.01. The van der Waals surface area contributed by atoms with E-state index in [4.69, 9.17) is 0 Å². The van der Waals surface area contributed by atoms with Crippen LogP contribution in [-0.2, 0) is 6.42 Å². The number of aromatic amines is 1. The van der Waals surface area contributed by atoms with Crippen molar-refractivity contribution < 1.29 is 0 Å². The lowest BCUT2D eigenvalue weighted by atomic mass is 10.1. The Hall–Kier alpha value is -1.05. The minimum Gasteiger partial charge on any atom is -0.329 e. The highest BCUT2D eigenvalue weighted by molar-refractivity contribution is 5.40. The summed E-state index contributed by atoms with van der Waals surface area (Å²) in [5.41, 5.74) is 2.72. The Bertz CT molecular complexity index is 393. The predicted octanol–water partition coefficient (Wildman–Crippen LogP) is 1.28. The van der Waals surface area contributed by atoms with E-state index >= 15 is 0 Å². The van der Waals surface area contributed by atoms with Crippen molar-refractivity contribution in [2.45, 2.75) is 19.3 Å². The van der Waals surface area contributed by atoms with E-state index in [0.717, 1.165) is 24.2 Å². The summed E-state index contributed by atoms with van der Waals surface area (Å²) in [6.45, 7) is 2.30. The molecule has 12 heavy (non-hydrogen) atoms. The molecule has 0 saturated heterocycles. The molecule has 1 aromatic rings. The van der Waals surface area contributed by atoms with Crippen LogP contribution in [0.15, 0.2) is 17.1 Å². The van der Waals surface area contributed by atoms with Gasteiger partial charge in [-0.05, 0) is 35.3 Å². The summed E-state index contributed by atoms with van der Waals surface area (Å²) in [7, 11) is 0. The van der Waals surface area contributed by atoms with Gasteiger partial charge in [0.1, 0.15) is 0 Å². The normalized spacial score (nSPS) is 35.9. The van der Waals surface area contributed by atoms with Gasteiger partial charge in [-0.1, -0.05) is 6.92 Å². The van der Waals surface area contributed by atoms with E-state index < -0.39 is 0 Å². The summed E-state index contributed by atoms with van der Waals surface area (Å²) in [4.78, 5) is 13.7. The highest BCUT2D eigenvalue weighted by Crippen LogP contribution is 2.60. The molecule has 0 radical (unpaired) electrons. The highest BCUT2D eigenvalue weighted by atomic mass is 16.1. The van der Waals surface area contributed by atoms with Crippen molar-refractivity contribution >= 4 is 0 Å². The van der Waals surface area contributed by atoms with Crippen LogP contribution in [0.4, 0.5) is 0 Å². The molecule has 3 rings (SSSR count). The van der Waals surface area contributed by atoms with E-state index in [1.807, 2.05) is 6.20 Å². The minimum atomic E-state index is 0.0442. The van der Waals surface area contributed by atoms with Crippen LogP contribution in [0.1, 0.15) is 24.0 Å². The second-order valence-electron chi connectivity index (χ2n) is 4.03. The van der Waals surface area contributed by atoms with Crippen LogP contribution in [0.3, 0.4) is 0 Å². The molecule has 1 aromatic heterocycles. The average molecular weight is 161 g/mol. The molecule has 1 heterocycles. The molecule has 2 aliphatic carbocycles. The minimum absolute atomic E-state index is 0.0442. The Labute approximate surface area is 70.6 Å². The number of rotatable bonds is 0. The van der Waals surface area contributed by atoms with Crippen LogP contribution >= 0.6 is 0 Å². The van der Waals surface area contributed by atoms with Crippen molar-refractivity contribution in [3.8, 4) is 0 Å². The van der Waals surface area contributed by atoms with Crippen LogP contribution in [-0.4, -0.2) is 4.98 Å². The molecule has 0 amide bonds. The fraction of sp³-hybridized carbons (Fsp3) is 0.500. The number of pyridine rings is 1. The summed E-state index contributed by atoms with van der Waals surface area (Å²) in [5, 5.41) is 0. The summed E-state index contributed by atoms with van der Waals surface area (Å²) in [6.07, 6.45) is 3.04. The van der Waals surface area contributed by atoms with Crippen LogP contribution in [0.5, 0.6) is 0 Å². The Morgan fingerprint density at radius 3 is 3.25 bits per heavy atom. The third kappa shape index (κ3) is 0.631. The third-order valence-corrected chi connectivity index (χ3v) is 3.42. The van der Waals surface area contributed by atoms with Gasteiger partial charge in [0.25, 0.3) is 0 Å². The number of hydrogen-bond donors (Lipinski definition) is 1. The summed E-state index contributed by atoms with van der Waals surface area (Å²) in [5.74, 6) is 2.45. The maximum atomic E-state index is 11.0. The quantitative estimate of drug-likeness (QED) is 0.611. The summed E-state index contributed by atoms with van der Waals surface area (Å²) in [6, 6.07) is 1.76. The van der Waals surface area contributed by atoms with Gasteiger partial charge >= 0.3 is 0 Å². The molecule has 0 aliphatic heterocycles. The molecule has 0 spiro atoms. The Morgan fingerprint density at radius 1 is 1.58 bits per heavy atom. The number of aromatic nitrogens is 1.